The van der Waals surface area contributed by atoms with Gasteiger partial charge >= 0.3 is 29.8 Å². The summed E-state index contributed by atoms with van der Waals surface area (Å²) in [5.41, 5.74) is 36.1. The Hall–Kier alpha value is -6.24. The predicted octanol–water partition coefficient (Wildman–Crippen LogP) is 0.852. The maximum Gasteiger partial charge on any atom is 0.320 e. The number of fused-ring (bicyclic) bond motifs is 2. The van der Waals surface area contributed by atoms with Crippen LogP contribution in [0.3, 0.4) is 0 Å². The molecule has 0 saturated heterocycles. The summed E-state index contributed by atoms with van der Waals surface area (Å²) >= 11 is 0. The number of carboxylic acid groups (broad SMARTS) is 5. The molecule has 7 atom stereocenters. The number of carbonyl (C=O) groups excluding carboxylic acids is 2. The number of nitrogens with two attached hydrogens (primary N) is 6. The molecule has 5 rings (SSSR count). The van der Waals surface area contributed by atoms with E-state index in [4.69, 9.17) is 54.2 Å². The minimum absolute atomic E-state index is 0.0213. The molecule has 0 bridgehead atoms. The summed E-state index contributed by atoms with van der Waals surface area (Å²) in [6.45, 7) is 13.8. The number of H-pyrrole nitrogens is 2. The second-order valence-electron chi connectivity index (χ2n) is 16.5. The van der Waals surface area contributed by atoms with Crippen molar-refractivity contribution >= 4 is 58.1 Å². The SMILES string of the molecule is CC(C)CC(N)C(=O)O.CCN(CC)C(=O)[C@@H]1C=C2c3cccc4[nH]cc(c34)C[C@H]2N(C)C1.CC[C@H](C)[C@H](N)C(=O)O.NC(=O)CC[C@H](N)C(=O)O.NCC(=O)O.N[C@@H](Cc1cnc[nH]1)C(=O)O. The molecule has 2 aliphatic rings. The molecule has 2 amide bonds. The maximum atomic E-state index is 12.9. The van der Waals surface area contributed by atoms with Crippen molar-refractivity contribution in [3.63, 3.8) is 0 Å². The molecule has 23 heteroatoms. The van der Waals surface area contributed by atoms with Gasteiger partial charge in [-0.2, -0.15) is 0 Å². The molecule has 2 aromatic heterocycles. The van der Waals surface area contributed by atoms with E-state index in [1.54, 1.807) is 6.20 Å². The molecule has 1 aromatic carbocycles. The van der Waals surface area contributed by atoms with Crippen molar-refractivity contribution in [2.24, 2.45) is 52.2 Å². The zero-order chi connectivity index (χ0) is 52.4. The van der Waals surface area contributed by atoms with E-state index in [0.717, 1.165) is 38.2 Å². The summed E-state index contributed by atoms with van der Waals surface area (Å²) < 4.78 is 0. The number of nitrogens with one attached hydrogen (secondary N) is 2. The first-order valence-corrected chi connectivity index (χ1v) is 22.2. The molecule has 1 aliphatic carbocycles. The number of aliphatic carboxylic acids is 5. The Kier molecular flexibility index (Phi) is 28.8. The normalized spacial score (nSPS) is 16.6. The monoisotopic (exact) mass is 962 g/mol. The van der Waals surface area contributed by atoms with Crippen molar-refractivity contribution < 1.29 is 59.1 Å². The molecule has 0 radical (unpaired) electrons. The molecular formula is C45H75N11O12. The Bertz CT molecular complexity index is 2070. The number of aromatic nitrogens is 3. The fraction of sp³-hybridized carbons (Fsp3) is 0.556. The van der Waals surface area contributed by atoms with Crippen molar-refractivity contribution in [1.82, 2.24) is 24.8 Å². The minimum atomic E-state index is -1.11. The maximum absolute atomic E-state index is 12.9. The van der Waals surface area contributed by atoms with Crippen LogP contribution in [0.1, 0.15) is 84.0 Å². The summed E-state index contributed by atoms with van der Waals surface area (Å²) in [6.07, 6.45) is 10.2. The highest BCUT2D eigenvalue weighted by molar-refractivity contribution is 5.99. The van der Waals surface area contributed by atoms with Gasteiger partial charge < -0.3 is 74.8 Å². The number of primary amides is 1. The third-order valence-corrected chi connectivity index (χ3v) is 10.8. The minimum Gasteiger partial charge on any atom is -0.480 e. The van der Waals surface area contributed by atoms with Crippen LogP contribution in [0.15, 0.2) is 43.0 Å². The van der Waals surface area contributed by atoms with Crippen LogP contribution in [-0.4, -0.2) is 155 Å². The van der Waals surface area contributed by atoms with Gasteiger partial charge in [0.1, 0.15) is 24.2 Å². The zero-order valence-electron chi connectivity index (χ0n) is 40.1. The number of carboxylic acids is 5. The number of hydrogen-bond acceptors (Lipinski definition) is 14. The van der Waals surface area contributed by atoms with Crippen LogP contribution in [0.4, 0.5) is 0 Å². The molecule has 1 aliphatic heterocycles. The number of likely N-dealkylation sites (N-methyl/N-ethyl adjacent to an activating group) is 1. The standard InChI is InChI=1S/C20H25N3O.C6H9N3O2.2C6H13NO2.C5H10N2O3.C2H5NO2/c1-4-23(5-2)20(24)14-9-16-15-7-6-8-17-19(15)13(11-21-17)10-18(16)22(3)12-14;7-5(6(10)11)1-4-2-8-3-9-4;1-4(2)3-5(7)6(8)9;1-3-4(2)5(7)6(8)9;6-3(5(9)10)1-2-4(7)8;3-1-2(4)5/h6-9,11,14,18,21H,4-5,10,12H2,1-3H3;2-3,5H,1,7H2,(H,8,9)(H,10,11);2*4-5H,3,7H2,1-2H3,(H,8,9);3H,1-2,6H2,(H2,7,8)(H,9,10);1,3H2,(H,4,5)/t14-,18-;5-;;4-,5-;3-;/m10.00./s1. The van der Waals surface area contributed by atoms with Crippen molar-refractivity contribution in [3.8, 4) is 0 Å². The van der Waals surface area contributed by atoms with Crippen molar-refractivity contribution in [2.75, 3.05) is 33.2 Å². The molecular weight excluding hydrogens is 887 g/mol. The van der Waals surface area contributed by atoms with Gasteiger partial charge in [-0.05, 0) is 74.8 Å². The van der Waals surface area contributed by atoms with E-state index < -0.39 is 59.9 Å². The lowest BCUT2D eigenvalue weighted by atomic mass is 9.79. The first-order valence-electron chi connectivity index (χ1n) is 22.2. The van der Waals surface area contributed by atoms with Gasteiger partial charge in [-0.15, -0.1) is 0 Å². The molecule has 23 nitrogen and oxygen atoms in total. The molecule has 19 N–H and O–H groups in total. The van der Waals surface area contributed by atoms with Crippen molar-refractivity contribution in [3.05, 3.63) is 59.8 Å². The Balaban J connectivity index is 0.000000869. The number of amides is 2. The lowest BCUT2D eigenvalue weighted by molar-refractivity contribution is -0.140. The third-order valence-electron chi connectivity index (χ3n) is 10.8. The van der Waals surface area contributed by atoms with Crippen molar-refractivity contribution in [1.29, 1.82) is 0 Å². The largest absolute Gasteiger partial charge is 0.480 e. The number of imidazole rings is 1. The van der Waals surface area contributed by atoms with Gasteiger partial charge in [-0.25, -0.2) is 4.98 Å². The quantitative estimate of drug-likeness (QED) is 0.0892. The lowest BCUT2D eigenvalue weighted by Crippen LogP contribution is -2.47. The number of benzene rings is 1. The van der Waals surface area contributed by atoms with Gasteiger partial charge in [0.25, 0.3) is 0 Å². The van der Waals surface area contributed by atoms with Gasteiger partial charge in [0.15, 0.2) is 0 Å². The molecule has 0 saturated carbocycles. The molecule has 3 aromatic rings. The van der Waals surface area contributed by atoms with E-state index in [1.165, 1.54) is 33.9 Å². The number of rotatable bonds is 17. The fourth-order valence-electron chi connectivity index (χ4n) is 6.62. The summed E-state index contributed by atoms with van der Waals surface area (Å²) in [4.78, 5) is 87.0. The Morgan fingerprint density at radius 3 is 1.84 bits per heavy atom. The average molecular weight is 962 g/mol. The van der Waals surface area contributed by atoms with Crippen LogP contribution < -0.4 is 34.4 Å². The summed E-state index contributed by atoms with van der Waals surface area (Å²) in [5.74, 6) is -4.80. The van der Waals surface area contributed by atoms with Gasteiger partial charge in [-0.3, -0.25) is 38.5 Å². The number of hydrogen-bond donors (Lipinski definition) is 13. The summed E-state index contributed by atoms with van der Waals surface area (Å²) in [7, 11) is 2.15. The van der Waals surface area contributed by atoms with Gasteiger partial charge in [0, 0.05) is 67.5 Å². The summed E-state index contributed by atoms with van der Waals surface area (Å²) in [6, 6.07) is 3.60. The number of carbonyl (C=O) groups is 7. The van der Waals surface area contributed by atoms with Crippen LogP contribution in [0, 0.1) is 17.8 Å². The first-order chi connectivity index (χ1) is 31.8. The molecule has 0 fully saturated rings. The Morgan fingerprint density at radius 2 is 1.43 bits per heavy atom. The van der Waals surface area contributed by atoms with E-state index >= 15 is 0 Å². The highest BCUT2D eigenvalue weighted by atomic mass is 16.4. The van der Waals surface area contributed by atoms with Crippen LogP contribution in [0.5, 0.6) is 0 Å². The van der Waals surface area contributed by atoms with Crippen molar-refractivity contribution in [2.45, 2.75) is 110 Å². The predicted molar refractivity (Wildman–Crippen MR) is 257 cm³/mol. The highest BCUT2D eigenvalue weighted by Crippen LogP contribution is 2.41. The topological polar surface area (TPSA) is 428 Å². The highest BCUT2D eigenvalue weighted by Gasteiger charge is 2.36. The average Bonchev–Trinajstić information content (AvgIpc) is 3.97. The van der Waals surface area contributed by atoms with E-state index in [1.807, 2.05) is 32.6 Å². The van der Waals surface area contributed by atoms with Gasteiger partial charge in [0.2, 0.25) is 11.8 Å². The van der Waals surface area contributed by atoms with Gasteiger partial charge in [-0.1, -0.05) is 52.3 Å². The fourth-order valence-corrected chi connectivity index (χ4v) is 6.62. The molecule has 3 heterocycles. The number of nitrogens with zero attached hydrogens (tertiary/aromatic N) is 3. The molecule has 382 valence electrons. The summed E-state index contributed by atoms with van der Waals surface area (Å²) in [5, 5.41) is 42.2. The molecule has 1 unspecified atom stereocenters. The van der Waals surface area contributed by atoms with Crippen LogP contribution in [0.25, 0.3) is 16.5 Å². The lowest BCUT2D eigenvalue weighted by Gasteiger charge is -2.40. The van der Waals surface area contributed by atoms with Gasteiger partial charge in [0.05, 0.1) is 18.8 Å². The second-order valence-corrected chi connectivity index (χ2v) is 16.5. The van der Waals surface area contributed by atoms with E-state index in [0.29, 0.717) is 18.4 Å². The zero-order valence-corrected chi connectivity index (χ0v) is 40.1. The first kappa shape index (κ1) is 61.8. The Labute approximate surface area is 396 Å². The van der Waals surface area contributed by atoms with Crippen LogP contribution >= 0.6 is 0 Å². The Morgan fingerprint density at radius 1 is 0.853 bits per heavy atom. The molecule has 68 heavy (non-hydrogen) atoms. The van der Waals surface area contributed by atoms with E-state index in [2.05, 4.69) is 77.0 Å². The third kappa shape index (κ3) is 22.0. The smallest absolute Gasteiger partial charge is 0.320 e. The van der Waals surface area contributed by atoms with E-state index in [9.17, 15) is 33.6 Å². The molecule has 0 spiro atoms. The second kappa shape index (κ2) is 31.7. The van der Waals surface area contributed by atoms with Crippen LogP contribution in [0.2, 0.25) is 0 Å². The van der Waals surface area contributed by atoms with E-state index in [-0.39, 0.29) is 43.6 Å². The van der Waals surface area contributed by atoms with Crippen LogP contribution in [-0.2, 0) is 46.4 Å². The number of aromatic amines is 2.